The van der Waals surface area contributed by atoms with Gasteiger partial charge in [0.05, 0.1) is 5.54 Å². The van der Waals surface area contributed by atoms with Crippen molar-refractivity contribution in [3.05, 3.63) is 11.7 Å². The van der Waals surface area contributed by atoms with Gasteiger partial charge in [-0.2, -0.15) is 4.98 Å². The van der Waals surface area contributed by atoms with Crippen molar-refractivity contribution >= 4 is 0 Å². The van der Waals surface area contributed by atoms with Crippen LogP contribution in [0.3, 0.4) is 0 Å². The summed E-state index contributed by atoms with van der Waals surface area (Å²) >= 11 is 0. The summed E-state index contributed by atoms with van der Waals surface area (Å²) in [5, 5.41) is 4.08. The zero-order chi connectivity index (χ0) is 11.6. The SMILES string of the molecule is CCCC(N)(CCC)c1noc(C2CC2)n1. The molecule has 0 unspecified atom stereocenters. The number of aromatic nitrogens is 2. The highest BCUT2D eigenvalue weighted by Gasteiger charge is 2.35. The maximum atomic E-state index is 6.39. The van der Waals surface area contributed by atoms with Crippen LogP contribution in [0.5, 0.6) is 0 Å². The van der Waals surface area contributed by atoms with Crippen LogP contribution in [0.4, 0.5) is 0 Å². The van der Waals surface area contributed by atoms with Gasteiger partial charge in [0.25, 0.3) is 0 Å². The third kappa shape index (κ3) is 2.26. The summed E-state index contributed by atoms with van der Waals surface area (Å²) in [6.45, 7) is 4.28. The molecule has 4 nitrogen and oxygen atoms in total. The third-order valence-corrected chi connectivity index (χ3v) is 3.21. The van der Waals surface area contributed by atoms with Gasteiger partial charge in [0.1, 0.15) is 0 Å². The van der Waals surface area contributed by atoms with Crippen LogP contribution in [0, 0.1) is 0 Å². The van der Waals surface area contributed by atoms with Crippen molar-refractivity contribution in [2.24, 2.45) is 5.73 Å². The van der Waals surface area contributed by atoms with Gasteiger partial charge < -0.3 is 10.3 Å². The van der Waals surface area contributed by atoms with Crippen LogP contribution in [0.1, 0.15) is 70.0 Å². The molecule has 1 aromatic heterocycles. The summed E-state index contributed by atoms with van der Waals surface area (Å²) < 4.78 is 5.29. The van der Waals surface area contributed by atoms with Gasteiger partial charge >= 0.3 is 0 Å². The van der Waals surface area contributed by atoms with E-state index in [4.69, 9.17) is 10.3 Å². The van der Waals surface area contributed by atoms with E-state index in [2.05, 4.69) is 24.0 Å². The van der Waals surface area contributed by atoms with Gasteiger partial charge in [-0.3, -0.25) is 0 Å². The van der Waals surface area contributed by atoms with Gasteiger partial charge in [-0.25, -0.2) is 0 Å². The van der Waals surface area contributed by atoms with Gasteiger partial charge in [-0.05, 0) is 25.7 Å². The van der Waals surface area contributed by atoms with E-state index in [9.17, 15) is 0 Å². The van der Waals surface area contributed by atoms with Gasteiger partial charge in [-0.15, -0.1) is 0 Å². The van der Waals surface area contributed by atoms with Crippen molar-refractivity contribution in [2.45, 2.75) is 63.8 Å². The van der Waals surface area contributed by atoms with Crippen molar-refractivity contribution in [1.29, 1.82) is 0 Å². The molecular formula is C12H21N3O. The van der Waals surface area contributed by atoms with E-state index in [1.54, 1.807) is 0 Å². The lowest BCUT2D eigenvalue weighted by Crippen LogP contribution is -2.37. The molecule has 1 saturated carbocycles. The second-order valence-electron chi connectivity index (χ2n) is 4.89. The molecule has 1 heterocycles. The molecule has 0 atom stereocenters. The molecule has 90 valence electrons. The Hall–Kier alpha value is -0.900. The molecule has 1 fully saturated rings. The van der Waals surface area contributed by atoms with E-state index in [1.165, 1.54) is 12.8 Å². The summed E-state index contributed by atoms with van der Waals surface area (Å²) in [7, 11) is 0. The van der Waals surface area contributed by atoms with E-state index in [0.29, 0.717) is 11.7 Å². The Balaban J connectivity index is 2.16. The van der Waals surface area contributed by atoms with E-state index in [0.717, 1.165) is 31.6 Å². The highest BCUT2D eigenvalue weighted by atomic mass is 16.5. The number of nitrogens with two attached hydrogens (primary N) is 1. The first kappa shape index (κ1) is 11.6. The largest absolute Gasteiger partial charge is 0.339 e. The van der Waals surface area contributed by atoms with Crippen LogP contribution in [-0.2, 0) is 5.54 Å². The lowest BCUT2D eigenvalue weighted by atomic mass is 9.89. The molecule has 0 amide bonds. The fraction of sp³-hybridized carbons (Fsp3) is 0.833. The van der Waals surface area contributed by atoms with Crippen molar-refractivity contribution in [3.63, 3.8) is 0 Å². The minimum atomic E-state index is -0.389. The van der Waals surface area contributed by atoms with Crippen LogP contribution in [-0.4, -0.2) is 10.1 Å². The van der Waals surface area contributed by atoms with Crippen molar-refractivity contribution in [1.82, 2.24) is 10.1 Å². The molecule has 4 heteroatoms. The Kier molecular flexibility index (Phi) is 3.28. The maximum absolute atomic E-state index is 6.39. The van der Waals surface area contributed by atoms with Crippen LogP contribution >= 0.6 is 0 Å². The first-order valence-electron chi connectivity index (χ1n) is 6.32. The van der Waals surface area contributed by atoms with Crippen molar-refractivity contribution in [3.8, 4) is 0 Å². The molecule has 0 aliphatic heterocycles. The fourth-order valence-corrected chi connectivity index (χ4v) is 2.17. The van der Waals surface area contributed by atoms with Crippen LogP contribution < -0.4 is 5.73 Å². The molecule has 0 radical (unpaired) electrons. The van der Waals surface area contributed by atoms with Crippen LogP contribution in [0.2, 0.25) is 0 Å². The minimum absolute atomic E-state index is 0.389. The minimum Gasteiger partial charge on any atom is -0.339 e. The summed E-state index contributed by atoms with van der Waals surface area (Å²) in [5.41, 5.74) is 6.00. The molecule has 1 aliphatic rings. The number of hydrogen-bond acceptors (Lipinski definition) is 4. The van der Waals surface area contributed by atoms with Gasteiger partial charge in [0, 0.05) is 5.92 Å². The molecule has 0 spiro atoms. The number of rotatable bonds is 6. The first-order chi connectivity index (χ1) is 7.69. The molecule has 0 bridgehead atoms. The van der Waals surface area contributed by atoms with E-state index >= 15 is 0 Å². The normalized spacial score (nSPS) is 16.7. The summed E-state index contributed by atoms with van der Waals surface area (Å²) in [5.74, 6) is 2.00. The van der Waals surface area contributed by atoms with Crippen molar-refractivity contribution in [2.75, 3.05) is 0 Å². The van der Waals surface area contributed by atoms with Crippen LogP contribution in [0.15, 0.2) is 4.52 Å². The standard InChI is InChI=1S/C12H21N3O/c1-3-7-12(13,8-4-2)11-14-10(16-15-11)9-5-6-9/h9H,3-8,13H2,1-2H3. The van der Waals surface area contributed by atoms with E-state index < -0.39 is 0 Å². The molecule has 1 aliphatic carbocycles. The lowest BCUT2D eigenvalue weighted by molar-refractivity contribution is 0.317. The summed E-state index contributed by atoms with van der Waals surface area (Å²) in [6.07, 6.45) is 6.30. The Bertz CT molecular complexity index is 338. The maximum Gasteiger partial charge on any atom is 0.229 e. The smallest absolute Gasteiger partial charge is 0.229 e. The molecular weight excluding hydrogens is 202 g/mol. The second kappa shape index (κ2) is 4.53. The molecule has 16 heavy (non-hydrogen) atoms. The Morgan fingerprint density at radius 3 is 2.44 bits per heavy atom. The highest BCUT2D eigenvalue weighted by molar-refractivity contribution is 5.08. The topological polar surface area (TPSA) is 64.9 Å². The van der Waals surface area contributed by atoms with Gasteiger partial charge in [-0.1, -0.05) is 31.8 Å². The second-order valence-corrected chi connectivity index (χ2v) is 4.89. The third-order valence-electron chi connectivity index (χ3n) is 3.21. The molecule has 0 saturated heterocycles. The average Bonchev–Trinajstić information content (AvgIpc) is 2.97. The first-order valence-corrected chi connectivity index (χ1v) is 6.32. The highest BCUT2D eigenvalue weighted by Crippen LogP contribution is 2.39. The predicted molar refractivity (Wildman–Crippen MR) is 62.0 cm³/mol. The van der Waals surface area contributed by atoms with E-state index in [1.807, 2.05) is 0 Å². The number of hydrogen-bond donors (Lipinski definition) is 1. The summed E-state index contributed by atoms with van der Waals surface area (Å²) in [4.78, 5) is 4.48. The monoisotopic (exact) mass is 223 g/mol. The Morgan fingerprint density at radius 2 is 1.94 bits per heavy atom. The average molecular weight is 223 g/mol. The predicted octanol–water partition coefficient (Wildman–Crippen LogP) is 2.70. The van der Waals surface area contributed by atoms with Gasteiger partial charge in [0.15, 0.2) is 5.82 Å². The molecule has 1 aromatic rings. The quantitative estimate of drug-likeness (QED) is 0.805. The van der Waals surface area contributed by atoms with Crippen LogP contribution in [0.25, 0.3) is 0 Å². The summed E-state index contributed by atoms with van der Waals surface area (Å²) in [6, 6.07) is 0. The zero-order valence-corrected chi connectivity index (χ0v) is 10.2. The molecule has 2 rings (SSSR count). The van der Waals surface area contributed by atoms with Gasteiger partial charge in [0.2, 0.25) is 5.89 Å². The van der Waals surface area contributed by atoms with E-state index in [-0.39, 0.29) is 5.54 Å². The zero-order valence-electron chi connectivity index (χ0n) is 10.2. The fourth-order valence-electron chi connectivity index (χ4n) is 2.17. The number of nitrogens with zero attached hydrogens (tertiary/aromatic N) is 2. The Morgan fingerprint density at radius 1 is 1.31 bits per heavy atom. The molecule has 2 N–H and O–H groups in total. The molecule has 0 aromatic carbocycles. The Labute approximate surface area is 96.6 Å². The van der Waals surface area contributed by atoms with Crippen molar-refractivity contribution < 1.29 is 4.52 Å². The lowest BCUT2D eigenvalue weighted by Gasteiger charge is -2.24.